The second-order valence-corrected chi connectivity index (χ2v) is 10.1. The molecular formula is C21H20BrN5O3S. The summed E-state index contributed by atoms with van der Waals surface area (Å²) in [7, 11) is -3.75. The third-order valence-corrected chi connectivity index (χ3v) is 7.54. The third-order valence-electron chi connectivity index (χ3n) is 5.74. The molecule has 2 heterocycles. The Kier molecular flexibility index (Phi) is 4.86. The first-order valence-electron chi connectivity index (χ1n) is 10.1. The Balaban J connectivity index is 1.50. The summed E-state index contributed by atoms with van der Waals surface area (Å²) in [6.07, 6.45) is 4.83. The molecule has 0 saturated heterocycles. The van der Waals surface area contributed by atoms with E-state index in [2.05, 4.69) is 30.4 Å². The number of aromatic amines is 1. The molecule has 0 spiro atoms. The van der Waals surface area contributed by atoms with Crippen LogP contribution in [-0.2, 0) is 10.0 Å². The fourth-order valence-electron chi connectivity index (χ4n) is 3.94. The highest BCUT2D eigenvalue weighted by Crippen LogP contribution is 2.33. The summed E-state index contributed by atoms with van der Waals surface area (Å²) < 4.78 is 31.4. The van der Waals surface area contributed by atoms with E-state index >= 15 is 0 Å². The maximum atomic E-state index is 12.5. The second-order valence-electron chi connectivity index (χ2n) is 7.65. The summed E-state index contributed by atoms with van der Waals surface area (Å²) in [6.45, 7) is 2.33. The summed E-state index contributed by atoms with van der Waals surface area (Å²) in [5, 5.41) is 6.07. The first-order chi connectivity index (χ1) is 14.9. The van der Waals surface area contributed by atoms with Crippen molar-refractivity contribution in [2.45, 2.75) is 37.1 Å². The normalized spacial score (nSPS) is 17.7. The first kappa shape index (κ1) is 20.2. The predicted molar refractivity (Wildman–Crippen MR) is 123 cm³/mol. The molecule has 1 aromatic heterocycles. The maximum Gasteiger partial charge on any atom is 0.326 e. The number of halogens is 1. The Hall–Kier alpha value is -2.72. The molecule has 8 nitrogen and oxygen atoms in total. The van der Waals surface area contributed by atoms with E-state index < -0.39 is 10.0 Å². The zero-order chi connectivity index (χ0) is 21.8. The van der Waals surface area contributed by atoms with Crippen molar-refractivity contribution in [3.05, 3.63) is 62.5 Å². The van der Waals surface area contributed by atoms with Crippen molar-refractivity contribution in [2.75, 3.05) is 6.54 Å². The van der Waals surface area contributed by atoms with Crippen molar-refractivity contribution in [1.29, 1.82) is 0 Å². The van der Waals surface area contributed by atoms with E-state index in [0.717, 1.165) is 35.9 Å². The van der Waals surface area contributed by atoms with Gasteiger partial charge in [0.1, 0.15) is 4.90 Å². The Bertz CT molecular complexity index is 1420. The van der Waals surface area contributed by atoms with Gasteiger partial charge in [-0.15, -0.1) is 4.40 Å². The highest BCUT2D eigenvalue weighted by atomic mass is 79.9. The number of H-pyrrole nitrogens is 1. The van der Waals surface area contributed by atoms with Gasteiger partial charge in [-0.1, -0.05) is 22.0 Å². The number of hydrogen-bond donors (Lipinski definition) is 1. The van der Waals surface area contributed by atoms with Crippen LogP contribution < -0.4 is 5.69 Å². The number of benzene rings is 2. The summed E-state index contributed by atoms with van der Waals surface area (Å²) >= 11 is 3.31. The number of fused-ring (bicyclic) bond motifs is 2. The highest BCUT2D eigenvalue weighted by Gasteiger charge is 2.32. The molecule has 0 amide bonds. The van der Waals surface area contributed by atoms with Crippen molar-refractivity contribution in [2.24, 2.45) is 9.50 Å². The first-order valence-corrected chi connectivity index (χ1v) is 12.3. The van der Waals surface area contributed by atoms with Crippen LogP contribution in [0.5, 0.6) is 0 Å². The molecule has 0 unspecified atom stereocenters. The minimum Gasteiger partial charge on any atom is -0.306 e. The molecule has 31 heavy (non-hydrogen) atoms. The van der Waals surface area contributed by atoms with Crippen molar-refractivity contribution in [3.8, 4) is 0 Å². The highest BCUT2D eigenvalue weighted by molar-refractivity contribution is 9.10. The summed E-state index contributed by atoms with van der Waals surface area (Å²) in [6, 6.07) is 11.0. The Morgan fingerprint density at radius 1 is 1.29 bits per heavy atom. The van der Waals surface area contributed by atoms with Crippen molar-refractivity contribution in [1.82, 2.24) is 14.6 Å². The SMILES string of the molecule is CCN(/N=C/c1ccc2[nH]c(=O)n(C3CCC3)c2c1)C1=NS(=O)(=O)c2cc(Br)ccc21. The number of imidazole rings is 1. The number of hydrogen-bond acceptors (Lipinski definition) is 5. The topological polar surface area (TPSA) is 99.9 Å². The average Bonchev–Trinajstić information content (AvgIpc) is 3.15. The van der Waals surface area contributed by atoms with Crippen molar-refractivity contribution in [3.63, 3.8) is 0 Å². The number of sulfonamides is 1. The molecule has 0 radical (unpaired) electrons. The molecule has 2 aromatic carbocycles. The Morgan fingerprint density at radius 3 is 2.81 bits per heavy atom. The minimum absolute atomic E-state index is 0.0859. The smallest absolute Gasteiger partial charge is 0.306 e. The van der Waals surface area contributed by atoms with Crippen LogP contribution in [-0.4, -0.2) is 41.6 Å². The molecule has 1 N–H and O–H groups in total. The van der Waals surface area contributed by atoms with Gasteiger partial charge in [-0.3, -0.25) is 4.57 Å². The van der Waals surface area contributed by atoms with Gasteiger partial charge in [-0.05, 0) is 62.1 Å². The standard InChI is InChI=1S/C21H20BrN5O3S/c1-2-26(20-16-8-7-14(22)11-19(16)31(29,30)25-20)23-12-13-6-9-17-18(10-13)27(21(28)24-17)15-4-3-5-15/h6-12,15H,2-5H2,1H3,(H,24,28)/b23-12+. The van der Waals surface area contributed by atoms with Gasteiger partial charge in [-0.25, -0.2) is 9.80 Å². The van der Waals surface area contributed by atoms with Crippen LogP contribution in [0.4, 0.5) is 0 Å². The average molecular weight is 502 g/mol. The summed E-state index contributed by atoms with van der Waals surface area (Å²) in [5.74, 6) is 0.301. The molecule has 0 bridgehead atoms. The van der Waals surface area contributed by atoms with Gasteiger partial charge in [-0.2, -0.15) is 13.5 Å². The van der Waals surface area contributed by atoms with Crippen molar-refractivity contribution >= 4 is 49.0 Å². The number of amidine groups is 1. The van der Waals surface area contributed by atoms with Crippen LogP contribution in [0.25, 0.3) is 11.0 Å². The molecule has 1 aliphatic carbocycles. The lowest BCUT2D eigenvalue weighted by molar-refractivity contribution is 0.314. The number of aromatic nitrogens is 2. The number of nitrogens with zero attached hydrogens (tertiary/aromatic N) is 4. The van der Waals surface area contributed by atoms with Crippen LogP contribution >= 0.6 is 15.9 Å². The third kappa shape index (κ3) is 3.43. The minimum atomic E-state index is -3.75. The zero-order valence-electron chi connectivity index (χ0n) is 16.7. The molecular weight excluding hydrogens is 482 g/mol. The molecule has 2 aliphatic rings. The van der Waals surface area contributed by atoms with Crippen LogP contribution in [0.3, 0.4) is 0 Å². The lowest BCUT2D eigenvalue weighted by Gasteiger charge is -2.26. The van der Waals surface area contributed by atoms with Gasteiger partial charge >= 0.3 is 5.69 Å². The molecule has 1 fully saturated rings. The Labute approximate surface area is 187 Å². The molecule has 0 atom stereocenters. The molecule has 3 aromatic rings. The molecule has 10 heteroatoms. The number of rotatable bonds is 4. The van der Waals surface area contributed by atoms with E-state index in [-0.39, 0.29) is 16.6 Å². The van der Waals surface area contributed by atoms with E-state index in [4.69, 9.17) is 0 Å². The number of hydrazone groups is 1. The van der Waals surface area contributed by atoms with Gasteiger partial charge in [0.2, 0.25) is 0 Å². The van der Waals surface area contributed by atoms with E-state index in [0.29, 0.717) is 22.4 Å². The van der Waals surface area contributed by atoms with Crippen molar-refractivity contribution < 1.29 is 8.42 Å². The lowest BCUT2D eigenvalue weighted by atomic mass is 9.93. The van der Waals surface area contributed by atoms with Crippen LogP contribution in [0, 0.1) is 0 Å². The fourth-order valence-corrected chi connectivity index (χ4v) is 5.69. The molecule has 1 saturated carbocycles. The molecule has 1 aliphatic heterocycles. The predicted octanol–water partition coefficient (Wildman–Crippen LogP) is 3.62. The van der Waals surface area contributed by atoms with Crippen LogP contribution in [0.1, 0.15) is 43.4 Å². The molecule has 5 rings (SSSR count). The lowest BCUT2D eigenvalue weighted by Crippen LogP contribution is -2.26. The quantitative estimate of drug-likeness (QED) is 0.435. The largest absolute Gasteiger partial charge is 0.326 e. The fraction of sp³-hybridized carbons (Fsp3) is 0.286. The van der Waals surface area contributed by atoms with Gasteiger partial charge in [0, 0.05) is 22.6 Å². The van der Waals surface area contributed by atoms with E-state index in [1.54, 1.807) is 29.4 Å². The van der Waals surface area contributed by atoms with E-state index in [1.807, 2.05) is 29.7 Å². The Morgan fingerprint density at radius 2 is 2.10 bits per heavy atom. The van der Waals surface area contributed by atoms with Gasteiger partial charge < -0.3 is 4.98 Å². The maximum absolute atomic E-state index is 12.5. The van der Waals surface area contributed by atoms with E-state index in [1.165, 1.54) is 0 Å². The second kappa shape index (κ2) is 7.45. The van der Waals surface area contributed by atoms with Crippen LogP contribution in [0.15, 0.2) is 60.1 Å². The monoisotopic (exact) mass is 501 g/mol. The summed E-state index contributed by atoms with van der Waals surface area (Å²) in [5.41, 5.74) is 2.92. The number of nitrogens with one attached hydrogen (secondary N) is 1. The van der Waals surface area contributed by atoms with Gasteiger partial charge in [0.15, 0.2) is 5.84 Å². The summed E-state index contributed by atoms with van der Waals surface area (Å²) in [4.78, 5) is 15.4. The van der Waals surface area contributed by atoms with Gasteiger partial charge in [0.25, 0.3) is 10.0 Å². The van der Waals surface area contributed by atoms with Crippen LogP contribution in [0.2, 0.25) is 0 Å². The zero-order valence-corrected chi connectivity index (χ0v) is 19.1. The van der Waals surface area contributed by atoms with E-state index in [9.17, 15) is 13.2 Å². The molecule has 160 valence electrons. The van der Waals surface area contributed by atoms with Gasteiger partial charge in [0.05, 0.1) is 17.2 Å².